The lowest BCUT2D eigenvalue weighted by Crippen LogP contribution is -2.48. The fourth-order valence-corrected chi connectivity index (χ4v) is 2.58. The molecule has 1 aliphatic rings. The third-order valence-corrected chi connectivity index (χ3v) is 3.51. The van der Waals surface area contributed by atoms with Crippen molar-refractivity contribution in [2.24, 2.45) is 11.7 Å². The lowest BCUT2D eigenvalue weighted by molar-refractivity contribution is 0.128. The van der Waals surface area contributed by atoms with E-state index in [1.165, 1.54) is 25.7 Å². The van der Waals surface area contributed by atoms with Crippen molar-refractivity contribution in [2.75, 3.05) is 26.9 Å². The molecule has 0 bridgehead atoms. The van der Waals surface area contributed by atoms with E-state index >= 15 is 0 Å². The van der Waals surface area contributed by atoms with Crippen LogP contribution in [0.25, 0.3) is 0 Å². The van der Waals surface area contributed by atoms with Crippen molar-refractivity contribution in [2.45, 2.75) is 44.2 Å². The molecule has 4 N–H and O–H groups in total. The van der Waals surface area contributed by atoms with E-state index in [1.54, 1.807) is 7.11 Å². The second-order valence-corrected chi connectivity index (χ2v) is 4.72. The minimum atomic E-state index is 0.209. The van der Waals surface area contributed by atoms with Gasteiger partial charge < -0.3 is 20.9 Å². The third-order valence-electron chi connectivity index (χ3n) is 3.51. The molecule has 1 fully saturated rings. The Morgan fingerprint density at radius 1 is 1.44 bits per heavy atom. The third kappa shape index (κ3) is 4.37. The Hall–Kier alpha value is -0.160. The average molecular weight is 230 g/mol. The summed E-state index contributed by atoms with van der Waals surface area (Å²) in [6.07, 6.45) is 5.77. The Balaban J connectivity index is 2.40. The van der Waals surface area contributed by atoms with E-state index in [-0.39, 0.29) is 12.6 Å². The molecule has 0 aromatic heterocycles. The lowest BCUT2D eigenvalue weighted by atomic mass is 9.84. The lowest BCUT2D eigenvalue weighted by Gasteiger charge is -2.34. The predicted octanol–water partition coefficient (Wildman–Crippen LogP) is 0.491. The molecule has 4 heteroatoms. The molecular weight excluding hydrogens is 204 g/mol. The van der Waals surface area contributed by atoms with E-state index in [0.717, 1.165) is 13.0 Å². The van der Waals surface area contributed by atoms with Gasteiger partial charge in [0.05, 0.1) is 6.61 Å². The van der Waals surface area contributed by atoms with Gasteiger partial charge in [-0.05, 0) is 31.7 Å². The zero-order valence-corrected chi connectivity index (χ0v) is 10.3. The van der Waals surface area contributed by atoms with Crippen LogP contribution in [0.4, 0.5) is 0 Å². The van der Waals surface area contributed by atoms with Gasteiger partial charge in [-0.1, -0.05) is 12.8 Å². The Kier molecular flexibility index (Phi) is 6.96. The highest BCUT2D eigenvalue weighted by molar-refractivity contribution is 4.84. The molecule has 0 aromatic carbocycles. The number of hydrogen-bond donors (Lipinski definition) is 3. The van der Waals surface area contributed by atoms with Gasteiger partial charge in [0.2, 0.25) is 0 Å². The predicted molar refractivity (Wildman–Crippen MR) is 65.3 cm³/mol. The fourth-order valence-electron chi connectivity index (χ4n) is 2.58. The molecular formula is C12H26N2O2. The summed E-state index contributed by atoms with van der Waals surface area (Å²) in [6, 6.07) is 0.762. The summed E-state index contributed by atoms with van der Waals surface area (Å²) in [4.78, 5) is 0. The summed E-state index contributed by atoms with van der Waals surface area (Å²) in [7, 11) is 1.70. The summed E-state index contributed by atoms with van der Waals surface area (Å²) in [6.45, 7) is 1.63. The second kappa shape index (κ2) is 8.01. The van der Waals surface area contributed by atoms with Gasteiger partial charge in [0, 0.05) is 25.8 Å². The second-order valence-electron chi connectivity index (χ2n) is 4.72. The topological polar surface area (TPSA) is 67.5 Å². The largest absolute Gasteiger partial charge is 0.396 e. The molecule has 0 saturated heterocycles. The maximum absolute atomic E-state index is 9.00. The first-order valence-electron chi connectivity index (χ1n) is 6.37. The van der Waals surface area contributed by atoms with Crippen molar-refractivity contribution in [3.05, 3.63) is 0 Å². The first kappa shape index (κ1) is 13.9. The fraction of sp³-hybridized carbons (Fsp3) is 1.00. The van der Waals surface area contributed by atoms with Crippen LogP contribution in [0.2, 0.25) is 0 Å². The van der Waals surface area contributed by atoms with Crippen molar-refractivity contribution < 1.29 is 9.84 Å². The molecule has 3 atom stereocenters. The minimum Gasteiger partial charge on any atom is -0.396 e. The molecule has 0 aromatic rings. The first-order valence-corrected chi connectivity index (χ1v) is 6.37. The molecule has 0 heterocycles. The van der Waals surface area contributed by atoms with Gasteiger partial charge in [0.1, 0.15) is 0 Å². The van der Waals surface area contributed by atoms with Crippen LogP contribution in [0.1, 0.15) is 32.1 Å². The van der Waals surface area contributed by atoms with Gasteiger partial charge in [-0.2, -0.15) is 0 Å². The number of aliphatic hydroxyl groups excluding tert-OH is 1. The molecule has 4 nitrogen and oxygen atoms in total. The van der Waals surface area contributed by atoms with Crippen LogP contribution in [0.15, 0.2) is 0 Å². The zero-order valence-electron chi connectivity index (χ0n) is 10.3. The average Bonchev–Trinajstić information content (AvgIpc) is 2.30. The highest BCUT2D eigenvalue weighted by atomic mass is 16.5. The normalized spacial score (nSPS) is 27.9. The van der Waals surface area contributed by atoms with E-state index in [0.29, 0.717) is 18.6 Å². The molecule has 1 saturated carbocycles. The van der Waals surface area contributed by atoms with Crippen LogP contribution in [0.3, 0.4) is 0 Å². The van der Waals surface area contributed by atoms with E-state index in [2.05, 4.69) is 5.32 Å². The number of rotatable bonds is 7. The van der Waals surface area contributed by atoms with E-state index in [4.69, 9.17) is 15.6 Å². The summed E-state index contributed by atoms with van der Waals surface area (Å²) in [5, 5.41) is 12.6. The quantitative estimate of drug-likeness (QED) is 0.595. The number of hydrogen-bond acceptors (Lipinski definition) is 4. The monoisotopic (exact) mass is 230 g/mol. The maximum atomic E-state index is 9.00. The van der Waals surface area contributed by atoms with Gasteiger partial charge in [-0.25, -0.2) is 0 Å². The highest BCUT2D eigenvalue weighted by Crippen LogP contribution is 2.24. The Bertz CT molecular complexity index is 172. The SMILES string of the molecule is COCC(CCO)NC1CCCCC1CN. The standard InChI is InChI=1S/C12H26N2O2/c1-16-9-11(6-7-15)14-12-5-3-2-4-10(12)8-13/h10-12,14-15H,2-9,13H2,1H3. The van der Waals surface area contributed by atoms with E-state index in [1.807, 2.05) is 0 Å². The highest BCUT2D eigenvalue weighted by Gasteiger charge is 2.25. The number of aliphatic hydroxyl groups is 1. The van der Waals surface area contributed by atoms with Crippen molar-refractivity contribution in [1.82, 2.24) is 5.32 Å². The van der Waals surface area contributed by atoms with Crippen molar-refractivity contribution in [1.29, 1.82) is 0 Å². The summed E-state index contributed by atoms with van der Waals surface area (Å²) in [5.74, 6) is 0.590. The van der Waals surface area contributed by atoms with Crippen LogP contribution >= 0.6 is 0 Å². The van der Waals surface area contributed by atoms with Crippen LogP contribution in [-0.4, -0.2) is 44.1 Å². The number of methoxy groups -OCH3 is 1. The Morgan fingerprint density at radius 2 is 2.19 bits per heavy atom. The van der Waals surface area contributed by atoms with Gasteiger partial charge in [0.15, 0.2) is 0 Å². The van der Waals surface area contributed by atoms with E-state index < -0.39 is 0 Å². The Morgan fingerprint density at radius 3 is 2.81 bits per heavy atom. The van der Waals surface area contributed by atoms with Gasteiger partial charge >= 0.3 is 0 Å². The molecule has 96 valence electrons. The van der Waals surface area contributed by atoms with Crippen molar-refractivity contribution >= 4 is 0 Å². The summed E-state index contributed by atoms with van der Waals surface area (Å²) >= 11 is 0. The molecule has 1 aliphatic carbocycles. The van der Waals surface area contributed by atoms with E-state index in [9.17, 15) is 0 Å². The van der Waals surface area contributed by atoms with Gasteiger partial charge in [0.25, 0.3) is 0 Å². The smallest absolute Gasteiger partial charge is 0.0616 e. The van der Waals surface area contributed by atoms with Gasteiger partial charge in [-0.3, -0.25) is 0 Å². The number of nitrogens with two attached hydrogens (primary N) is 1. The molecule has 0 amide bonds. The molecule has 0 aliphatic heterocycles. The molecule has 3 unspecified atom stereocenters. The Labute approximate surface area is 98.5 Å². The molecule has 1 rings (SSSR count). The van der Waals surface area contributed by atoms with Crippen molar-refractivity contribution in [3.8, 4) is 0 Å². The molecule has 0 spiro atoms. The van der Waals surface area contributed by atoms with Crippen LogP contribution in [0.5, 0.6) is 0 Å². The van der Waals surface area contributed by atoms with Crippen LogP contribution < -0.4 is 11.1 Å². The maximum Gasteiger partial charge on any atom is 0.0616 e. The number of nitrogens with one attached hydrogen (secondary N) is 1. The van der Waals surface area contributed by atoms with Gasteiger partial charge in [-0.15, -0.1) is 0 Å². The first-order chi connectivity index (χ1) is 7.81. The van der Waals surface area contributed by atoms with Crippen LogP contribution in [-0.2, 0) is 4.74 Å². The zero-order chi connectivity index (χ0) is 11.8. The molecule has 16 heavy (non-hydrogen) atoms. The van der Waals surface area contributed by atoms with Crippen molar-refractivity contribution in [3.63, 3.8) is 0 Å². The minimum absolute atomic E-state index is 0.209. The van der Waals surface area contributed by atoms with Crippen LogP contribution in [0, 0.1) is 5.92 Å². The summed E-state index contributed by atoms with van der Waals surface area (Å²) in [5.41, 5.74) is 5.80. The molecule has 0 radical (unpaired) electrons. The number of ether oxygens (including phenoxy) is 1. The summed E-state index contributed by atoms with van der Waals surface area (Å²) < 4.78 is 5.16.